The standard InChI is InChI=1S/C28H31N3O4/c1-30-24-12-11-19(18-7-6-8-20(15-18)34-2)16-22(24)27-21(25(30)17-32)13-14-31(27)28(33)29-23-9-4-5-10-26(23)35-3/h4-12,15-16,21,25,27,32H,13-14,17H2,1-3H3,(H,29,33)/t21-,25-,27-/m1/s1. The van der Waals surface area contributed by atoms with Crippen molar-refractivity contribution in [2.45, 2.75) is 18.5 Å². The van der Waals surface area contributed by atoms with E-state index in [1.165, 1.54) is 0 Å². The second-order valence-electron chi connectivity index (χ2n) is 9.09. The molecule has 2 N–H and O–H groups in total. The van der Waals surface area contributed by atoms with E-state index < -0.39 is 0 Å². The minimum absolute atomic E-state index is 0.0384. The van der Waals surface area contributed by atoms with Crippen LogP contribution in [0, 0.1) is 5.92 Å². The van der Waals surface area contributed by atoms with E-state index in [1.807, 2.05) is 54.4 Å². The summed E-state index contributed by atoms with van der Waals surface area (Å²) in [5, 5.41) is 13.3. The van der Waals surface area contributed by atoms with Crippen molar-refractivity contribution in [1.29, 1.82) is 0 Å². The van der Waals surface area contributed by atoms with E-state index in [4.69, 9.17) is 9.47 Å². The third kappa shape index (κ3) is 4.06. The maximum atomic E-state index is 13.5. The van der Waals surface area contributed by atoms with Gasteiger partial charge in [0.2, 0.25) is 0 Å². The number of anilines is 2. The Balaban J connectivity index is 1.54. The molecule has 3 atom stereocenters. The summed E-state index contributed by atoms with van der Waals surface area (Å²) in [5.41, 5.74) is 4.89. The van der Waals surface area contributed by atoms with Crippen molar-refractivity contribution < 1.29 is 19.4 Å². The quantitative estimate of drug-likeness (QED) is 0.558. The van der Waals surface area contributed by atoms with Crippen LogP contribution in [0.2, 0.25) is 0 Å². The summed E-state index contributed by atoms with van der Waals surface area (Å²) in [4.78, 5) is 17.6. The summed E-state index contributed by atoms with van der Waals surface area (Å²) < 4.78 is 10.8. The van der Waals surface area contributed by atoms with Gasteiger partial charge in [0.1, 0.15) is 11.5 Å². The molecule has 0 radical (unpaired) electrons. The number of para-hydroxylation sites is 2. The lowest BCUT2D eigenvalue weighted by atomic mass is 9.81. The van der Waals surface area contributed by atoms with Gasteiger partial charge in [-0.2, -0.15) is 0 Å². The number of nitrogens with zero attached hydrogens (tertiary/aromatic N) is 2. The van der Waals surface area contributed by atoms with E-state index in [-0.39, 0.29) is 30.6 Å². The SMILES string of the molecule is COc1cccc(-c2ccc3c(c2)[C@H]2[C@H](CCN2C(=O)Nc2ccccc2OC)[C@@H](CO)N3C)c1. The molecule has 1 fully saturated rings. The maximum Gasteiger partial charge on any atom is 0.322 e. The summed E-state index contributed by atoms with van der Waals surface area (Å²) in [5.74, 6) is 1.55. The van der Waals surface area contributed by atoms with Crippen LogP contribution in [0.1, 0.15) is 18.0 Å². The van der Waals surface area contributed by atoms with Gasteiger partial charge >= 0.3 is 6.03 Å². The van der Waals surface area contributed by atoms with Gasteiger partial charge in [-0.3, -0.25) is 0 Å². The first-order chi connectivity index (χ1) is 17.0. The second-order valence-corrected chi connectivity index (χ2v) is 9.09. The summed E-state index contributed by atoms with van der Waals surface area (Å²) in [6.07, 6.45) is 0.822. The molecular formula is C28H31N3O4. The van der Waals surface area contributed by atoms with E-state index in [2.05, 4.69) is 34.5 Å². The number of nitrogens with one attached hydrogen (secondary N) is 1. The molecule has 2 aliphatic rings. The largest absolute Gasteiger partial charge is 0.497 e. The number of benzene rings is 3. The number of rotatable bonds is 5. The van der Waals surface area contributed by atoms with Crippen LogP contribution in [0.4, 0.5) is 16.2 Å². The number of carbonyl (C=O) groups is 1. The molecule has 7 nitrogen and oxygen atoms in total. The van der Waals surface area contributed by atoms with Gasteiger partial charge in [0.05, 0.1) is 38.6 Å². The average molecular weight is 474 g/mol. The number of aliphatic hydroxyl groups excluding tert-OH is 1. The molecule has 0 unspecified atom stereocenters. The third-order valence-electron chi connectivity index (χ3n) is 7.36. The summed E-state index contributed by atoms with van der Waals surface area (Å²) >= 11 is 0. The first-order valence-electron chi connectivity index (χ1n) is 11.9. The number of hydrogen-bond acceptors (Lipinski definition) is 5. The Morgan fingerprint density at radius 3 is 2.60 bits per heavy atom. The average Bonchev–Trinajstić information content (AvgIpc) is 3.34. The van der Waals surface area contributed by atoms with Crippen molar-refractivity contribution in [2.24, 2.45) is 5.92 Å². The fourth-order valence-electron chi connectivity index (χ4n) is 5.60. The van der Waals surface area contributed by atoms with Crippen LogP contribution < -0.4 is 19.7 Å². The van der Waals surface area contributed by atoms with Gasteiger partial charge in [-0.25, -0.2) is 4.79 Å². The van der Waals surface area contributed by atoms with Crippen molar-refractivity contribution in [1.82, 2.24) is 4.90 Å². The molecule has 0 saturated carbocycles. The van der Waals surface area contributed by atoms with Crippen LogP contribution >= 0.6 is 0 Å². The maximum absolute atomic E-state index is 13.5. The zero-order valence-electron chi connectivity index (χ0n) is 20.3. The Hall–Kier alpha value is -3.71. The molecule has 0 aliphatic carbocycles. The van der Waals surface area contributed by atoms with E-state index in [9.17, 15) is 9.90 Å². The molecule has 2 amide bonds. The number of amides is 2. The van der Waals surface area contributed by atoms with Crippen LogP contribution in [-0.4, -0.2) is 56.5 Å². The topological polar surface area (TPSA) is 74.3 Å². The number of carbonyl (C=O) groups excluding carboxylic acids is 1. The highest BCUT2D eigenvalue weighted by Crippen LogP contribution is 2.49. The summed E-state index contributed by atoms with van der Waals surface area (Å²) in [6, 6.07) is 21.4. The van der Waals surface area contributed by atoms with Crippen LogP contribution in [0.5, 0.6) is 11.5 Å². The zero-order chi connectivity index (χ0) is 24.5. The van der Waals surface area contributed by atoms with Gasteiger partial charge in [0, 0.05) is 25.2 Å². The molecule has 2 heterocycles. The van der Waals surface area contributed by atoms with Crippen molar-refractivity contribution in [3.63, 3.8) is 0 Å². The van der Waals surface area contributed by atoms with Crippen LogP contribution in [-0.2, 0) is 0 Å². The van der Waals surface area contributed by atoms with Crippen molar-refractivity contribution in [3.8, 4) is 22.6 Å². The lowest BCUT2D eigenvalue weighted by Gasteiger charge is -2.44. The number of likely N-dealkylation sites (tertiary alicyclic amines) is 1. The molecule has 0 spiro atoms. The monoisotopic (exact) mass is 473 g/mol. The highest BCUT2D eigenvalue weighted by atomic mass is 16.5. The van der Waals surface area contributed by atoms with E-state index in [0.29, 0.717) is 18.0 Å². The molecular weight excluding hydrogens is 442 g/mol. The Morgan fingerprint density at radius 1 is 1.03 bits per heavy atom. The minimum Gasteiger partial charge on any atom is -0.497 e. The number of methoxy groups -OCH3 is 2. The van der Waals surface area contributed by atoms with Gasteiger partial charge in [0.15, 0.2) is 0 Å². The predicted octanol–water partition coefficient (Wildman–Crippen LogP) is 4.78. The molecule has 0 bridgehead atoms. The van der Waals surface area contributed by atoms with Gasteiger partial charge < -0.3 is 29.7 Å². The van der Waals surface area contributed by atoms with Gasteiger partial charge in [-0.1, -0.05) is 30.3 Å². The van der Waals surface area contributed by atoms with Gasteiger partial charge in [-0.15, -0.1) is 0 Å². The number of fused-ring (bicyclic) bond motifs is 3. The molecule has 0 aromatic heterocycles. The minimum atomic E-state index is -0.166. The number of aliphatic hydroxyl groups is 1. The number of hydrogen-bond donors (Lipinski definition) is 2. The molecule has 1 saturated heterocycles. The molecule has 3 aromatic rings. The first-order valence-corrected chi connectivity index (χ1v) is 11.9. The highest BCUT2D eigenvalue weighted by molar-refractivity contribution is 5.92. The number of ether oxygens (including phenoxy) is 2. The first kappa shape index (κ1) is 23.1. The predicted molar refractivity (Wildman–Crippen MR) is 137 cm³/mol. The Morgan fingerprint density at radius 2 is 1.83 bits per heavy atom. The van der Waals surface area contributed by atoms with Crippen molar-refractivity contribution in [3.05, 3.63) is 72.3 Å². The van der Waals surface area contributed by atoms with Crippen molar-refractivity contribution in [2.75, 3.05) is 44.6 Å². The molecule has 2 aliphatic heterocycles. The van der Waals surface area contributed by atoms with Crippen molar-refractivity contribution >= 4 is 17.4 Å². The van der Waals surface area contributed by atoms with Crippen LogP contribution in [0.25, 0.3) is 11.1 Å². The lowest BCUT2D eigenvalue weighted by molar-refractivity contribution is 0.168. The van der Waals surface area contributed by atoms with Gasteiger partial charge in [-0.05, 0) is 59.5 Å². The Bertz CT molecular complexity index is 1230. The van der Waals surface area contributed by atoms with Crippen LogP contribution in [0.15, 0.2) is 66.7 Å². The van der Waals surface area contributed by atoms with E-state index in [0.717, 1.165) is 34.5 Å². The van der Waals surface area contributed by atoms with Gasteiger partial charge in [0.25, 0.3) is 0 Å². The molecule has 35 heavy (non-hydrogen) atoms. The fourth-order valence-corrected chi connectivity index (χ4v) is 5.60. The molecule has 3 aromatic carbocycles. The Kier molecular flexibility index (Phi) is 6.26. The number of likely N-dealkylation sites (N-methyl/N-ethyl adjacent to an activating group) is 1. The molecule has 7 heteroatoms. The number of urea groups is 1. The van der Waals surface area contributed by atoms with E-state index >= 15 is 0 Å². The third-order valence-corrected chi connectivity index (χ3v) is 7.36. The second kappa shape index (κ2) is 9.50. The summed E-state index contributed by atoms with van der Waals surface area (Å²) in [6.45, 7) is 0.653. The normalized spacial score (nSPS) is 20.7. The Labute approximate surface area is 205 Å². The molecule has 182 valence electrons. The summed E-state index contributed by atoms with van der Waals surface area (Å²) in [7, 11) is 5.28. The smallest absolute Gasteiger partial charge is 0.322 e. The molecule has 5 rings (SSSR count). The lowest BCUT2D eigenvalue weighted by Crippen LogP contribution is -2.48. The van der Waals surface area contributed by atoms with E-state index in [1.54, 1.807) is 14.2 Å². The fraction of sp³-hybridized carbons (Fsp3) is 0.321. The van der Waals surface area contributed by atoms with Crippen LogP contribution in [0.3, 0.4) is 0 Å². The highest BCUT2D eigenvalue weighted by Gasteiger charge is 2.47. The zero-order valence-corrected chi connectivity index (χ0v) is 20.3.